The van der Waals surface area contributed by atoms with E-state index in [1.54, 1.807) is 24.3 Å². The normalized spacial score (nSPS) is 21.5. The van der Waals surface area contributed by atoms with Gasteiger partial charge in [-0.2, -0.15) is 0 Å². The van der Waals surface area contributed by atoms with E-state index in [1.807, 2.05) is 0 Å². The van der Waals surface area contributed by atoms with Crippen LogP contribution in [0.2, 0.25) is 0 Å². The van der Waals surface area contributed by atoms with Crippen LogP contribution in [0.15, 0.2) is 36.5 Å². The van der Waals surface area contributed by atoms with Crippen molar-refractivity contribution in [3.63, 3.8) is 0 Å². The van der Waals surface area contributed by atoms with Gasteiger partial charge >= 0.3 is 27.6 Å². The van der Waals surface area contributed by atoms with Gasteiger partial charge in [0.2, 0.25) is 0 Å². The van der Waals surface area contributed by atoms with Gasteiger partial charge in [0.1, 0.15) is 12.7 Å². The van der Waals surface area contributed by atoms with Gasteiger partial charge in [0, 0.05) is 18.8 Å². The molecule has 7 N–H and O–H groups in total. The molecule has 0 aliphatic heterocycles. The highest BCUT2D eigenvalue weighted by Gasteiger charge is 2.39. The second-order valence-corrected chi connectivity index (χ2v) is 17.6. The molecule has 1 fully saturated rings. The zero-order valence-electron chi connectivity index (χ0n) is 34.5. The maximum absolute atomic E-state index is 12.7. The lowest BCUT2D eigenvalue weighted by Gasteiger charge is -2.20. The topological polar surface area (TPSA) is 256 Å². The number of hydrogen-bond donors (Lipinski definition) is 7. The summed E-state index contributed by atoms with van der Waals surface area (Å²) in [5.74, 6) is -2.05. The summed E-state index contributed by atoms with van der Waals surface area (Å²) in [6, 6.07) is 0. The van der Waals surface area contributed by atoms with Gasteiger partial charge in [-0.1, -0.05) is 108 Å². The Bertz CT molecular complexity index is 1290. The van der Waals surface area contributed by atoms with E-state index in [2.05, 4.69) is 35.0 Å². The number of aliphatic hydroxyl groups is 4. The Morgan fingerprint density at radius 1 is 0.707 bits per heavy atom. The van der Waals surface area contributed by atoms with Gasteiger partial charge < -0.3 is 44.6 Å². The first-order valence-corrected chi connectivity index (χ1v) is 24.0. The van der Waals surface area contributed by atoms with Crippen LogP contribution in [0.4, 0.5) is 0 Å². The molecule has 0 bridgehead atoms. The smallest absolute Gasteiger partial charge is 0.461 e. The molecule has 16 nitrogen and oxygen atoms in total. The summed E-state index contributed by atoms with van der Waals surface area (Å²) in [6.07, 6.45) is 21.3. The zero-order chi connectivity index (χ0) is 43.2. The van der Waals surface area contributed by atoms with Crippen LogP contribution in [0.1, 0.15) is 136 Å². The van der Waals surface area contributed by atoms with Crippen molar-refractivity contribution in [2.24, 2.45) is 11.8 Å². The second-order valence-electron chi connectivity index (χ2n) is 14.9. The van der Waals surface area contributed by atoms with Crippen LogP contribution in [0.5, 0.6) is 0 Å². The number of esters is 2. The van der Waals surface area contributed by atoms with Crippen LogP contribution in [-0.4, -0.2) is 104 Å². The minimum atomic E-state index is -4.90. The van der Waals surface area contributed by atoms with E-state index in [0.29, 0.717) is 19.3 Å². The average Bonchev–Trinajstić information content (AvgIpc) is 3.44. The largest absolute Gasteiger partial charge is 0.472 e. The molecule has 0 aromatic heterocycles. The Labute approximate surface area is 344 Å². The first-order chi connectivity index (χ1) is 27.6. The molecule has 1 unspecified atom stereocenters. The van der Waals surface area contributed by atoms with Gasteiger partial charge in [0.15, 0.2) is 6.10 Å². The molecule has 0 heterocycles. The third kappa shape index (κ3) is 28.6. The number of ether oxygens (including phenoxy) is 2. The number of carbonyl (C=O) groups excluding carboxylic acids is 2. The lowest BCUT2D eigenvalue weighted by molar-refractivity contribution is -0.160. The lowest BCUT2D eigenvalue weighted by atomic mass is 9.89. The van der Waals surface area contributed by atoms with Crippen molar-refractivity contribution in [1.82, 2.24) is 0 Å². The maximum Gasteiger partial charge on any atom is 0.472 e. The average molecular weight is 871 g/mol. The van der Waals surface area contributed by atoms with Crippen molar-refractivity contribution in [1.29, 1.82) is 0 Å². The Balaban J connectivity index is 2.66. The summed E-state index contributed by atoms with van der Waals surface area (Å²) >= 11 is 0. The van der Waals surface area contributed by atoms with Crippen molar-refractivity contribution < 1.29 is 76.9 Å². The molecule has 338 valence electrons. The molecule has 0 aromatic rings. The van der Waals surface area contributed by atoms with Crippen molar-refractivity contribution in [2.75, 3.05) is 26.4 Å². The molecule has 0 radical (unpaired) electrons. The molecule has 8 atom stereocenters. The predicted molar refractivity (Wildman–Crippen MR) is 218 cm³/mol. The van der Waals surface area contributed by atoms with Crippen LogP contribution in [-0.2, 0) is 41.8 Å². The van der Waals surface area contributed by atoms with Crippen LogP contribution < -0.4 is 0 Å². The number of rotatable bonds is 35. The molecule has 0 spiro atoms. The molecule has 0 aromatic carbocycles. The van der Waals surface area contributed by atoms with Crippen molar-refractivity contribution >= 4 is 27.6 Å². The number of allylic oxidation sites excluding steroid dienone is 3. The van der Waals surface area contributed by atoms with Crippen LogP contribution in [0, 0.1) is 11.8 Å². The molecule has 1 aliphatic rings. The molecular weight excluding hydrogens is 798 g/mol. The number of unbranched alkanes of at least 4 members (excludes halogenated alkanes) is 11. The fraction of sp³-hybridized carbons (Fsp3) is 0.800. The Morgan fingerprint density at radius 3 is 1.98 bits per heavy atom. The van der Waals surface area contributed by atoms with Crippen LogP contribution in [0.25, 0.3) is 0 Å². The standard InChI is InChI=1S/C40H72O16P2/c1-3-5-7-8-9-10-11-12-13-14-15-16-18-24-40(46)56-34(31-55-58(50,51)54-29-33(42)28-53-57(47,48)49)30-52-39(45)23-20-19-22-35-36(38(44)27-37(35)43)26-25-32(41)21-17-6-4-2/h10-11,19-20,25-26,32-38,41-44H,3-9,12-18,21-24,27-31H2,1-2H3,(H,50,51)(H2,47,48,49)/b11-10-,20-19-,26-25+/t32-,33+,34-,35+,36-,37+,38-/m1/s1. The molecule has 58 heavy (non-hydrogen) atoms. The molecule has 0 amide bonds. The summed E-state index contributed by atoms with van der Waals surface area (Å²) < 4.78 is 47.6. The van der Waals surface area contributed by atoms with E-state index >= 15 is 0 Å². The number of phosphoric acid groups is 2. The minimum absolute atomic E-state index is 0.0552. The highest BCUT2D eigenvalue weighted by atomic mass is 31.2. The second kappa shape index (κ2) is 32.0. The minimum Gasteiger partial charge on any atom is -0.461 e. The van der Waals surface area contributed by atoms with Crippen LogP contribution >= 0.6 is 15.6 Å². The maximum atomic E-state index is 12.7. The number of hydrogen-bond acceptors (Lipinski definition) is 13. The molecule has 0 saturated heterocycles. The summed E-state index contributed by atoms with van der Waals surface area (Å²) in [5, 5.41) is 41.0. The summed E-state index contributed by atoms with van der Waals surface area (Å²) in [7, 11) is -9.78. The van der Waals surface area contributed by atoms with E-state index in [0.717, 1.165) is 57.8 Å². The lowest BCUT2D eigenvalue weighted by Crippen LogP contribution is -2.29. The monoisotopic (exact) mass is 870 g/mol. The molecule has 1 rings (SSSR count). The first-order valence-electron chi connectivity index (χ1n) is 20.9. The van der Waals surface area contributed by atoms with Gasteiger partial charge in [-0.05, 0) is 50.9 Å². The fourth-order valence-corrected chi connectivity index (χ4v) is 7.47. The Hall–Kier alpha value is -1.78. The molecule has 1 aliphatic carbocycles. The first kappa shape index (κ1) is 54.2. The Morgan fingerprint density at radius 2 is 1.31 bits per heavy atom. The van der Waals surface area contributed by atoms with Crippen molar-refractivity contribution in [2.45, 2.75) is 166 Å². The van der Waals surface area contributed by atoms with Gasteiger partial charge in [-0.3, -0.25) is 23.2 Å². The third-order valence-corrected chi connectivity index (χ3v) is 11.0. The number of phosphoric ester groups is 2. The van der Waals surface area contributed by atoms with Gasteiger partial charge in [0.05, 0.1) is 44.6 Å². The molecule has 1 saturated carbocycles. The number of carbonyl (C=O) groups is 2. The quantitative estimate of drug-likeness (QED) is 0.0155. The van der Waals surface area contributed by atoms with E-state index in [1.165, 1.54) is 25.7 Å². The van der Waals surface area contributed by atoms with Gasteiger partial charge in [0.25, 0.3) is 0 Å². The summed E-state index contributed by atoms with van der Waals surface area (Å²) in [4.78, 5) is 52.8. The fourth-order valence-electron chi connectivity index (χ4n) is 6.31. The zero-order valence-corrected chi connectivity index (χ0v) is 36.3. The predicted octanol–water partition coefficient (Wildman–Crippen LogP) is 6.49. The molecule has 18 heteroatoms. The molecular formula is C40H72O16P2. The third-order valence-electron chi connectivity index (χ3n) is 9.59. The highest BCUT2D eigenvalue weighted by molar-refractivity contribution is 7.47. The SMILES string of the molecule is CCCCCC/C=C\CCCCCCCC(=O)O[C@H](COC(=O)C/C=C\C[C@H]1[C@@H](/C=C/[C@H](O)CCCCC)[C@H](O)C[C@@H]1O)COP(=O)(O)OC[C@@H](O)COP(=O)(O)O. The van der Waals surface area contributed by atoms with E-state index in [9.17, 15) is 44.0 Å². The summed E-state index contributed by atoms with van der Waals surface area (Å²) in [6.45, 7) is 1.24. The number of aliphatic hydroxyl groups excluding tert-OH is 4. The van der Waals surface area contributed by atoms with Crippen molar-refractivity contribution in [3.8, 4) is 0 Å². The highest BCUT2D eigenvalue weighted by Crippen LogP contribution is 2.44. The van der Waals surface area contributed by atoms with Gasteiger partial charge in [-0.15, -0.1) is 0 Å². The Kier molecular flexibility index (Phi) is 29.9. The summed E-state index contributed by atoms with van der Waals surface area (Å²) in [5.41, 5.74) is 0. The van der Waals surface area contributed by atoms with E-state index in [-0.39, 0.29) is 31.1 Å². The van der Waals surface area contributed by atoms with E-state index < -0.39 is 84.5 Å². The van der Waals surface area contributed by atoms with Crippen molar-refractivity contribution in [3.05, 3.63) is 36.5 Å². The van der Waals surface area contributed by atoms with Crippen LogP contribution in [0.3, 0.4) is 0 Å². The van der Waals surface area contributed by atoms with E-state index in [4.69, 9.17) is 23.8 Å². The van der Waals surface area contributed by atoms with Gasteiger partial charge in [-0.25, -0.2) is 9.13 Å².